The fraction of sp³-hybridized carbons (Fsp3) is 0.381. The SMILES string of the molecule is C[C@H](NS(=O)(=O)c1ccc(Br)cc1)C(=O)N1CCC(Cc2ccccc2)CC1. The zero-order chi connectivity index (χ0) is 20.1. The molecule has 3 rings (SSSR count). The molecule has 1 amide bonds. The lowest BCUT2D eigenvalue weighted by Crippen LogP contribution is -2.49. The van der Waals surface area contributed by atoms with Gasteiger partial charge < -0.3 is 4.90 Å². The van der Waals surface area contributed by atoms with Crippen molar-refractivity contribution in [2.45, 2.75) is 37.1 Å². The van der Waals surface area contributed by atoms with Gasteiger partial charge in [0.15, 0.2) is 0 Å². The summed E-state index contributed by atoms with van der Waals surface area (Å²) in [5, 5.41) is 0. The molecule has 1 N–H and O–H groups in total. The quantitative estimate of drug-likeness (QED) is 0.709. The van der Waals surface area contributed by atoms with Crippen LogP contribution in [0.4, 0.5) is 0 Å². The van der Waals surface area contributed by atoms with Crippen LogP contribution in [0.25, 0.3) is 0 Å². The first-order valence-corrected chi connectivity index (χ1v) is 11.7. The van der Waals surface area contributed by atoms with Crippen molar-refractivity contribution in [2.75, 3.05) is 13.1 Å². The number of carbonyl (C=O) groups excluding carboxylic acids is 1. The van der Waals surface area contributed by atoms with Crippen molar-refractivity contribution in [1.82, 2.24) is 9.62 Å². The number of benzene rings is 2. The van der Waals surface area contributed by atoms with Crippen molar-refractivity contribution in [2.24, 2.45) is 5.92 Å². The number of nitrogens with zero attached hydrogens (tertiary/aromatic N) is 1. The number of piperidine rings is 1. The predicted octanol–water partition coefficient (Wildman–Crippen LogP) is 3.60. The van der Waals surface area contributed by atoms with Crippen LogP contribution in [0.5, 0.6) is 0 Å². The molecular weight excluding hydrogens is 440 g/mol. The van der Waals surface area contributed by atoms with Crippen LogP contribution in [0, 0.1) is 5.92 Å². The summed E-state index contributed by atoms with van der Waals surface area (Å²) in [7, 11) is -3.73. The highest BCUT2D eigenvalue weighted by atomic mass is 79.9. The average Bonchev–Trinajstić information content (AvgIpc) is 2.69. The Balaban J connectivity index is 1.53. The zero-order valence-electron chi connectivity index (χ0n) is 15.8. The van der Waals surface area contributed by atoms with E-state index in [1.54, 1.807) is 24.0 Å². The largest absolute Gasteiger partial charge is 0.341 e. The van der Waals surface area contributed by atoms with Crippen molar-refractivity contribution in [3.05, 3.63) is 64.6 Å². The third kappa shape index (κ3) is 5.43. The predicted molar refractivity (Wildman–Crippen MR) is 113 cm³/mol. The highest BCUT2D eigenvalue weighted by molar-refractivity contribution is 9.10. The minimum absolute atomic E-state index is 0.150. The van der Waals surface area contributed by atoms with E-state index in [4.69, 9.17) is 0 Å². The maximum atomic E-state index is 12.7. The van der Waals surface area contributed by atoms with Gasteiger partial charge in [-0.05, 0) is 61.9 Å². The van der Waals surface area contributed by atoms with E-state index in [1.807, 2.05) is 18.2 Å². The van der Waals surface area contributed by atoms with Gasteiger partial charge in [0.05, 0.1) is 10.9 Å². The number of nitrogens with one attached hydrogen (secondary N) is 1. The number of hydrogen-bond acceptors (Lipinski definition) is 3. The molecule has 0 bridgehead atoms. The Kier molecular flexibility index (Phi) is 6.91. The first-order chi connectivity index (χ1) is 13.3. The minimum Gasteiger partial charge on any atom is -0.341 e. The number of sulfonamides is 1. The van der Waals surface area contributed by atoms with Gasteiger partial charge in [-0.15, -0.1) is 0 Å². The lowest BCUT2D eigenvalue weighted by atomic mass is 9.90. The number of halogens is 1. The molecule has 28 heavy (non-hydrogen) atoms. The second-order valence-electron chi connectivity index (χ2n) is 7.26. The van der Waals surface area contributed by atoms with Gasteiger partial charge in [0.2, 0.25) is 15.9 Å². The summed E-state index contributed by atoms with van der Waals surface area (Å²) < 4.78 is 28.3. The molecule has 0 aliphatic carbocycles. The molecule has 2 aromatic rings. The Morgan fingerprint density at radius 3 is 2.32 bits per heavy atom. The summed E-state index contributed by atoms with van der Waals surface area (Å²) in [5.41, 5.74) is 1.32. The normalized spacial score (nSPS) is 16.7. The molecular formula is C21H25BrN2O3S. The van der Waals surface area contributed by atoms with Gasteiger partial charge in [0, 0.05) is 17.6 Å². The number of amides is 1. The molecule has 1 aliphatic heterocycles. The van der Waals surface area contributed by atoms with E-state index in [9.17, 15) is 13.2 Å². The van der Waals surface area contributed by atoms with Crippen LogP contribution in [-0.4, -0.2) is 38.4 Å². The topological polar surface area (TPSA) is 66.5 Å². The smallest absolute Gasteiger partial charge is 0.241 e. The second-order valence-corrected chi connectivity index (χ2v) is 9.88. The third-order valence-electron chi connectivity index (χ3n) is 5.12. The van der Waals surface area contributed by atoms with Gasteiger partial charge in [-0.3, -0.25) is 4.79 Å². The number of likely N-dealkylation sites (tertiary alicyclic amines) is 1. The lowest BCUT2D eigenvalue weighted by molar-refractivity contribution is -0.133. The number of hydrogen-bond donors (Lipinski definition) is 1. The first-order valence-electron chi connectivity index (χ1n) is 9.46. The van der Waals surface area contributed by atoms with Gasteiger partial charge in [0.25, 0.3) is 0 Å². The van der Waals surface area contributed by atoms with Crippen molar-refractivity contribution < 1.29 is 13.2 Å². The van der Waals surface area contributed by atoms with E-state index >= 15 is 0 Å². The van der Waals surface area contributed by atoms with Crippen LogP contribution in [0.1, 0.15) is 25.3 Å². The molecule has 1 fully saturated rings. The Morgan fingerprint density at radius 1 is 1.11 bits per heavy atom. The maximum Gasteiger partial charge on any atom is 0.241 e. The van der Waals surface area contributed by atoms with Gasteiger partial charge in [-0.25, -0.2) is 8.42 Å². The summed E-state index contributed by atoms with van der Waals surface area (Å²) in [6, 6.07) is 15.9. The fourth-order valence-corrected chi connectivity index (χ4v) is 5.00. The summed E-state index contributed by atoms with van der Waals surface area (Å²) >= 11 is 3.29. The second kappa shape index (κ2) is 9.20. The summed E-state index contributed by atoms with van der Waals surface area (Å²) in [6.07, 6.45) is 2.90. The van der Waals surface area contributed by atoms with Crippen LogP contribution in [0.2, 0.25) is 0 Å². The van der Waals surface area contributed by atoms with Crippen LogP contribution in [-0.2, 0) is 21.2 Å². The van der Waals surface area contributed by atoms with E-state index in [0.717, 1.165) is 23.7 Å². The van der Waals surface area contributed by atoms with E-state index in [1.165, 1.54) is 17.7 Å². The van der Waals surface area contributed by atoms with Gasteiger partial charge >= 0.3 is 0 Å². The molecule has 5 nitrogen and oxygen atoms in total. The van der Waals surface area contributed by atoms with E-state index in [2.05, 4.69) is 32.8 Å². The maximum absolute atomic E-state index is 12.7. The Bertz CT molecular complexity index is 893. The van der Waals surface area contributed by atoms with Gasteiger partial charge in [0.1, 0.15) is 0 Å². The standard InChI is InChI=1S/C21H25BrN2O3S/c1-16(23-28(26,27)20-9-7-19(22)8-10-20)21(25)24-13-11-18(12-14-24)15-17-5-3-2-4-6-17/h2-10,16,18,23H,11-15H2,1H3/t16-/m0/s1. The number of rotatable bonds is 6. The number of carbonyl (C=O) groups is 1. The molecule has 7 heteroatoms. The Labute approximate surface area is 175 Å². The highest BCUT2D eigenvalue weighted by Crippen LogP contribution is 2.22. The molecule has 0 aromatic heterocycles. The molecule has 0 saturated carbocycles. The van der Waals surface area contributed by atoms with Gasteiger partial charge in [-0.2, -0.15) is 4.72 Å². The Morgan fingerprint density at radius 2 is 1.71 bits per heavy atom. The summed E-state index contributed by atoms with van der Waals surface area (Å²) in [6.45, 7) is 2.94. The fourth-order valence-electron chi connectivity index (χ4n) is 3.54. The molecule has 2 aromatic carbocycles. The molecule has 150 valence electrons. The lowest BCUT2D eigenvalue weighted by Gasteiger charge is -2.33. The van der Waals surface area contributed by atoms with Gasteiger partial charge in [-0.1, -0.05) is 46.3 Å². The zero-order valence-corrected chi connectivity index (χ0v) is 18.2. The molecule has 1 saturated heterocycles. The summed E-state index contributed by atoms with van der Waals surface area (Å²) in [4.78, 5) is 14.6. The third-order valence-corrected chi connectivity index (χ3v) is 7.20. The molecule has 0 unspecified atom stereocenters. The minimum atomic E-state index is -3.73. The van der Waals surface area contributed by atoms with E-state index < -0.39 is 16.1 Å². The average molecular weight is 465 g/mol. The van der Waals surface area contributed by atoms with Crippen molar-refractivity contribution >= 4 is 31.9 Å². The summed E-state index contributed by atoms with van der Waals surface area (Å²) in [5.74, 6) is 0.389. The van der Waals surface area contributed by atoms with Crippen molar-refractivity contribution in [1.29, 1.82) is 0 Å². The van der Waals surface area contributed by atoms with Crippen LogP contribution in [0.3, 0.4) is 0 Å². The van der Waals surface area contributed by atoms with Crippen LogP contribution in [0.15, 0.2) is 64.0 Å². The molecule has 0 spiro atoms. The van der Waals surface area contributed by atoms with Crippen LogP contribution >= 0.6 is 15.9 Å². The monoisotopic (exact) mass is 464 g/mol. The molecule has 1 aliphatic rings. The van der Waals surface area contributed by atoms with Crippen molar-refractivity contribution in [3.63, 3.8) is 0 Å². The molecule has 1 heterocycles. The molecule has 1 atom stereocenters. The molecule has 0 radical (unpaired) electrons. The first kappa shape index (κ1) is 21.0. The van der Waals surface area contributed by atoms with Crippen molar-refractivity contribution in [3.8, 4) is 0 Å². The van der Waals surface area contributed by atoms with E-state index in [-0.39, 0.29) is 10.8 Å². The Hall–Kier alpha value is -1.70. The van der Waals surface area contributed by atoms with E-state index in [0.29, 0.717) is 19.0 Å². The highest BCUT2D eigenvalue weighted by Gasteiger charge is 2.29. The van der Waals surface area contributed by atoms with Crippen LogP contribution < -0.4 is 4.72 Å².